The Labute approximate surface area is 250 Å². The molecule has 42 heavy (non-hydrogen) atoms. The van der Waals surface area contributed by atoms with Crippen LogP contribution >= 0.6 is 11.6 Å². The second-order valence-electron chi connectivity index (χ2n) is 12.1. The Bertz CT molecular complexity index is 1570. The summed E-state index contributed by atoms with van der Waals surface area (Å²) < 4.78 is 0. The molecule has 3 unspecified atom stereocenters. The summed E-state index contributed by atoms with van der Waals surface area (Å²) in [7, 11) is 0. The van der Waals surface area contributed by atoms with Gasteiger partial charge >= 0.3 is 6.03 Å². The van der Waals surface area contributed by atoms with Crippen molar-refractivity contribution in [2.75, 3.05) is 4.90 Å². The van der Waals surface area contributed by atoms with Gasteiger partial charge in [0.1, 0.15) is 5.54 Å². The Morgan fingerprint density at radius 2 is 1.48 bits per heavy atom. The number of nitrogens with zero attached hydrogens (tertiary/aromatic N) is 3. The third kappa shape index (κ3) is 3.86. The van der Waals surface area contributed by atoms with Crippen molar-refractivity contribution in [1.82, 2.24) is 9.80 Å². The highest BCUT2D eigenvalue weighted by Crippen LogP contribution is 2.60. The Morgan fingerprint density at radius 1 is 0.810 bits per heavy atom. The zero-order valence-corrected chi connectivity index (χ0v) is 24.2. The van der Waals surface area contributed by atoms with E-state index >= 15 is 0 Å². The van der Waals surface area contributed by atoms with E-state index in [0.29, 0.717) is 16.3 Å². The average molecular weight is 582 g/mol. The highest BCUT2D eigenvalue weighted by atomic mass is 35.5. The zero-order chi connectivity index (χ0) is 29.2. The highest BCUT2D eigenvalue weighted by Gasteiger charge is 2.77. The van der Waals surface area contributed by atoms with Crippen molar-refractivity contribution in [3.63, 3.8) is 0 Å². The van der Waals surface area contributed by atoms with E-state index in [9.17, 15) is 19.2 Å². The maximum Gasteiger partial charge on any atom is 0.332 e. The van der Waals surface area contributed by atoms with Gasteiger partial charge in [0.2, 0.25) is 11.8 Å². The first-order valence-electron chi connectivity index (χ1n) is 14.7. The summed E-state index contributed by atoms with van der Waals surface area (Å²) in [6.07, 6.45) is 4.65. The number of likely N-dealkylation sites (tertiary alicyclic amines) is 1. The largest absolute Gasteiger partial charge is 0.332 e. The molecule has 8 heteroatoms. The van der Waals surface area contributed by atoms with Crippen LogP contribution in [0.2, 0.25) is 5.02 Å². The monoisotopic (exact) mass is 581 g/mol. The number of hydrogen-bond donors (Lipinski definition) is 0. The minimum Gasteiger partial charge on any atom is -0.300 e. The van der Waals surface area contributed by atoms with E-state index < -0.39 is 35.4 Å². The van der Waals surface area contributed by atoms with Gasteiger partial charge in [0.05, 0.1) is 23.6 Å². The first kappa shape index (κ1) is 26.9. The Kier molecular flexibility index (Phi) is 6.46. The fourth-order valence-corrected chi connectivity index (χ4v) is 7.95. The molecule has 0 aromatic heterocycles. The predicted octanol–water partition coefficient (Wildman–Crippen LogP) is 6.09. The van der Waals surface area contributed by atoms with Crippen LogP contribution in [-0.4, -0.2) is 45.1 Å². The highest BCUT2D eigenvalue weighted by molar-refractivity contribution is 6.30. The van der Waals surface area contributed by atoms with Crippen LogP contribution < -0.4 is 4.90 Å². The number of halogens is 1. The van der Waals surface area contributed by atoms with Crippen molar-refractivity contribution in [2.24, 2.45) is 11.8 Å². The maximum atomic E-state index is 14.9. The van der Waals surface area contributed by atoms with Gasteiger partial charge in [-0.1, -0.05) is 91.0 Å². The van der Waals surface area contributed by atoms with E-state index in [1.54, 1.807) is 41.3 Å². The minimum atomic E-state index is -1.56. The van der Waals surface area contributed by atoms with Crippen LogP contribution in [0.3, 0.4) is 0 Å². The third-order valence-corrected chi connectivity index (χ3v) is 9.93. The number of carbonyl (C=O) groups excluding carboxylic acids is 4. The molecule has 4 aliphatic rings. The molecule has 1 aliphatic carbocycles. The lowest BCUT2D eigenvalue weighted by molar-refractivity contribution is -0.147. The van der Waals surface area contributed by atoms with E-state index in [1.165, 1.54) is 9.80 Å². The summed E-state index contributed by atoms with van der Waals surface area (Å²) in [5, 5.41) is 0.520. The van der Waals surface area contributed by atoms with E-state index in [2.05, 4.69) is 0 Å². The molecule has 7 nitrogen and oxygen atoms in total. The quantitative estimate of drug-likeness (QED) is 0.270. The first-order valence-corrected chi connectivity index (χ1v) is 15.1. The number of carbonyl (C=O) groups is 4. The molecule has 3 saturated heterocycles. The number of amides is 5. The number of anilines is 1. The standard InChI is InChI=1S/C34H32ClN3O4/c1-21-12-18-26(19-13-21)37-32(41)34(20-22-8-4-2-5-9-22)28-27(30(39)36(31(28)40)25-10-6-3-7-11-25)29(38(34)33(37)42)23-14-16-24(35)17-15-23/h2,4-5,8-9,12-19,25,27-29H,3,6-7,10-11,20H2,1H3/t27?,28?,29?,34-/m1/s1. The Balaban J connectivity index is 1.45. The number of rotatable bonds is 5. The number of hydrogen-bond acceptors (Lipinski definition) is 4. The van der Waals surface area contributed by atoms with Crippen LogP contribution in [0.4, 0.5) is 10.5 Å². The van der Waals surface area contributed by atoms with Gasteiger partial charge in [-0.2, -0.15) is 0 Å². The second-order valence-corrected chi connectivity index (χ2v) is 12.5. The lowest BCUT2D eigenvalue weighted by atomic mass is 9.75. The molecule has 3 aromatic rings. The normalized spacial score (nSPS) is 27.7. The predicted molar refractivity (Wildman–Crippen MR) is 159 cm³/mol. The molecule has 4 atom stereocenters. The molecule has 0 spiro atoms. The summed E-state index contributed by atoms with van der Waals surface area (Å²) >= 11 is 6.25. The second kappa shape index (κ2) is 10.1. The Morgan fingerprint density at radius 3 is 2.14 bits per heavy atom. The van der Waals surface area contributed by atoms with Crippen LogP contribution in [0.5, 0.6) is 0 Å². The summed E-state index contributed by atoms with van der Waals surface area (Å²) in [6, 6.07) is 22.3. The number of benzene rings is 3. The van der Waals surface area contributed by atoms with E-state index in [-0.39, 0.29) is 24.3 Å². The van der Waals surface area contributed by atoms with Crippen molar-refractivity contribution in [1.29, 1.82) is 0 Å². The van der Waals surface area contributed by atoms with Gasteiger partial charge in [-0.15, -0.1) is 0 Å². The fraction of sp³-hybridized carbons (Fsp3) is 0.353. The van der Waals surface area contributed by atoms with E-state index in [4.69, 9.17) is 11.6 Å². The van der Waals surface area contributed by atoms with Crippen molar-refractivity contribution < 1.29 is 19.2 Å². The van der Waals surface area contributed by atoms with Crippen LogP contribution in [0, 0.1) is 18.8 Å². The summed E-state index contributed by atoms with van der Waals surface area (Å²) in [5.41, 5.74) is 1.39. The molecular formula is C34H32ClN3O4. The molecule has 0 radical (unpaired) electrons. The number of urea groups is 1. The molecule has 1 saturated carbocycles. The minimum absolute atomic E-state index is 0.129. The fourth-order valence-electron chi connectivity index (χ4n) is 7.82. The summed E-state index contributed by atoms with van der Waals surface area (Å²) in [4.78, 5) is 62.6. The van der Waals surface area contributed by atoms with Crippen molar-refractivity contribution in [3.05, 3.63) is 101 Å². The molecule has 5 amide bonds. The van der Waals surface area contributed by atoms with Crippen LogP contribution in [0.25, 0.3) is 0 Å². The van der Waals surface area contributed by atoms with Gasteiger partial charge in [-0.05, 0) is 55.2 Å². The van der Waals surface area contributed by atoms with Gasteiger partial charge in [0.15, 0.2) is 0 Å². The van der Waals surface area contributed by atoms with Gasteiger partial charge < -0.3 is 4.90 Å². The molecule has 7 rings (SSSR count). The van der Waals surface area contributed by atoms with E-state index in [0.717, 1.165) is 43.2 Å². The molecule has 3 aliphatic heterocycles. The van der Waals surface area contributed by atoms with Crippen molar-refractivity contribution >= 4 is 41.0 Å². The molecule has 4 fully saturated rings. The van der Waals surface area contributed by atoms with Gasteiger partial charge in [-0.25, -0.2) is 9.69 Å². The Hall–Kier alpha value is -3.97. The number of imide groups is 2. The topological polar surface area (TPSA) is 78.0 Å². The third-order valence-electron chi connectivity index (χ3n) is 9.68. The van der Waals surface area contributed by atoms with Gasteiger partial charge in [0, 0.05) is 17.5 Å². The first-order chi connectivity index (χ1) is 20.3. The number of fused-ring (bicyclic) bond motifs is 3. The molecular weight excluding hydrogens is 550 g/mol. The van der Waals surface area contributed by atoms with Crippen molar-refractivity contribution in [3.8, 4) is 0 Å². The molecule has 3 heterocycles. The SMILES string of the molecule is Cc1ccc(N2C(=O)N3C(c4ccc(Cl)cc4)C4C(=O)N(C5CCCCC5)C(=O)C4[C@]3(Cc3ccccc3)C2=O)cc1. The zero-order valence-electron chi connectivity index (χ0n) is 23.4. The molecule has 0 bridgehead atoms. The smallest absolute Gasteiger partial charge is 0.300 e. The van der Waals surface area contributed by atoms with E-state index in [1.807, 2.05) is 49.4 Å². The van der Waals surface area contributed by atoms with Crippen LogP contribution in [-0.2, 0) is 20.8 Å². The van der Waals surface area contributed by atoms with Gasteiger partial charge in [-0.3, -0.25) is 19.3 Å². The molecule has 214 valence electrons. The molecule has 3 aromatic carbocycles. The lowest BCUT2D eigenvalue weighted by Crippen LogP contribution is -2.56. The maximum absolute atomic E-state index is 14.9. The summed E-state index contributed by atoms with van der Waals surface area (Å²) in [5.74, 6) is -2.93. The van der Waals surface area contributed by atoms with Gasteiger partial charge in [0.25, 0.3) is 5.91 Å². The number of aryl methyl sites for hydroxylation is 1. The molecule has 0 N–H and O–H groups in total. The lowest BCUT2D eigenvalue weighted by Gasteiger charge is -2.37. The van der Waals surface area contributed by atoms with Crippen LogP contribution in [0.15, 0.2) is 78.9 Å². The van der Waals surface area contributed by atoms with Crippen molar-refractivity contribution in [2.45, 2.75) is 63.1 Å². The average Bonchev–Trinajstić information content (AvgIpc) is 3.52. The van der Waals surface area contributed by atoms with Crippen LogP contribution in [0.1, 0.15) is 54.8 Å². The summed E-state index contributed by atoms with van der Waals surface area (Å²) in [6.45, 7) is 1.94.